The maximum Gasteiger partial charge on any atom is 0.222 e. The second-order valence-corrected chi connectivity index (χ2v) is 5.34. The highest BCUT2D eigenvalue weighted by Crippen LogP contribution is 1.94. The van der Waals surface area contributed by atoms with Gasteiger partial charge in [0.25, 0.3) is 0 Å². The Morgan fingerprint density at radius 2 is 1.38 bits per heavy atom. The highest BCUT2D eigenvalue weighted by molar-refractivity contribution is 5.81. The molecule has 0 atom stereocenters. The zero-order valence-electron chi connectivity index (χ0n) is 13.6. The van der Waals surface area contributed by atoms with Crippen LogP contribution in [0.3, 0.4) is 0 Å². The number of hydrogen-bond acceptors (Lipinski definition) is 5. The fourth-order valence-corrected chi connectivity index (χ4v) is 1.23. The summed E-state index contributed by atoms with van der Waals surface area (Å²) in [4.78, 5) is 22.5. The zero-order valence-corrected chi connectivity index (χ0v) is 13.6. The van der Waals surface area contributed by atoms with E-state index in [-0.39, 0.29) is 31.6 Å². The van der Waals surface area contributed by atoms with E-state index in [4.69, 9.17) is 14.2 Å². The number of ether oxygens (including phenoxy) is 3. The summed E-state index contributed by atoms with van der Waals surface area (Å²) in [6.07, 6.45) is 0. The lowest BCUT2D eigenvalue weighted by molar-refractivity contribution is -0.127. The van der Waals surface area contributed by atoms with Crippen LogP contribution in [-0.2, 0) is 23.8 Å². The molecule has 0 aliphatic heterocycles. The van der Waals surface area contributed by atoms with Crippen LogP contribution in [0.5, 0.6) is 0 Å². The molecular formula is C15H31NO5. The molecular weight excluding hydrogens is 274 g/mol. The summed E-state index contributed by atoms with van der Waals surface area (Å²) in [7, 11) is 0. The first-order valence-electron chi connectivity index (χ1n) is 7.48. The maximum atomic E-state index is 11.3. The van der Waals surface area contributed by atoms with Crippen LogP contribution in [0.4, 0.5) is 0 Å². The molecule has 6 heteroatoms. The fraction of sp³-hybridized carbons (Fsp3) is 0.867. The molecule has 0 aliphatic rings. The van der Waals surface area contributed by atoms with Gasteiger partial charge in [-0.1, -0.05) is 27.7 Å². The van der Waals surface area contributed by atoms with Gasteiger partial charge < -0.3 is 19.5 Å². The van der Waals surface area contributed by atoms with Crippen molar-refractivity contribution >= 4 is 11.7 Å². The summed E-state index contributed by atoms with van der Waals surface area (Å²) in [5.74, 6) is 0.135. The van der Waals surface area contributed by atoms with Crippen molar-refractivity contribution in [2.24, 2.45) is 11.8 Å². The van der Waals surface area contributed by atoms with Crippen LogP contribution < -0.4 is 5.32 Å². The van der Waals surface area contributed by atoms with Gasteiger partial charge in [-0.25, -0.2) is 0 Å². The van der Waals surface area contributed by atoms with E-state index in [0.717, 1.165) is 0 Å². The lowest BCUT2D eigenvalue weighted by Crippen LogP contribution is -2.31. The molecule has 0 saturated heterocycles. The normalized spacial score (nSPS) is 11.1. The summed E-state index contributed by atoms with van der Waals surface area (Å²) in [5.41, 5.74) is 0. The largest absolute Gasteiger partial charge is 0.377 e. The van der Waals surface area contributed by atoms with Crippen LogP contribution >= 0.6 is 0 Å². The molecule has 1 N–H and O–H groups in total. The van der Waals surface area contributed by atoms with Gasteiger partial charge in [0.1, 0.15) is 6.61 Å². The topological polar surface area (TPSA) is 73.9 Å². The molecule has 0 rings (SSSR count). The van der Waals surface area contributed by atoms with Crippen molar-refractivity contribution in [1.82, 2.24) is 5.32 Å². The summed E-state index contributed by atoms with van der Waals surface area (Å²) in [6, 6.07) is 0. The number of nitrogens with one attached hydrogen (secondary N) is 1. The number of carbonyl (C=O) groups excluding carboxylic acids is 2. The number of amides is 1. The summed E-state index contributed by atoms with van der Waals surface area (Å²) in [6.45, 7) is 10.3. The van der Waals surface area contributed by atoms with E-state index < -0.39 is 0 Å². The van der Waals surface area contributed by atoms with E-state index in [9.17, 15) is 9.59 Å². The van der Waals surface area contributed by atoms with Crippen molar-refractivity contribution in [3.8, 4) is 0 Å². The molecule has 0 fully saturated rings. The Labute approximate surface area is 129 Å². The number of ketones is 1. The van der Waals surface area contributed by atoms with Gasteiger partial charge in [0.05, 0.1) is 33.0 Å². The van der Waals surface area contributed by atoms with Gasteiger partial charge in [-0.05, 0) is 0 Å². The van der Waals surface area contributed by atoms with Gasteiger partial charge in [0, 0.05) is 19.8 Å². The molecule has 1 amide bonds. The van der Waals surface area contributed by atoms with Gasteiger partial charge in [0.15, 0.2) is 5.78 Å². The Morgan fingerprint density at radius 3 is 1.90 bits per heavy atom. The van der Waals surface area contributed by atoms with Crippen molar-refractivity contribution in [2.45, 2.75) is 27.7 Å². The molecule has 6 nitrogen and oxygen atoms in total. The molecule has 0 aliphatic carbocycles. The van der Waals surface area contributed by atoms with E-state index in [1.807, 2.05) is 27.7 Å². The lowest BCUT2D eigenvalue weighted by atomic mass is 10.1. The summed E-state index contributed by atoms with van der Waals surface area (Å²) >= 11 is 0. The SMILES string of the molecule is CC(C)C(=O)COCCOCCOCCNC(=O)C(C)C.[HH]. The number of hydrogen-bond donors (Lipinski definition) is 1. The third kappa shape index (κ3) is 12.5. The Balaban J connectivity index is 0. The second kappa shape index (κ2) is 12.7. The highest BCUT2D eigenvalue weighted by Gasteiger charge is 2.06. The van der Waals surface area contributed by atoms with Crippen molar-refractivity contribution in [2.75, 3.05) is 46.2 Å². The minimum atomic E-state index is -0.00379. The van der Waals surface area contributed by atoms with Crippen molar-refractivity contribution < 1.29 is 25.2 Å². The third-order valence-electron chi connectivity index (χ3n) is 2.70. The first-order chi connectivity index (χ1) is 9.95. The molecule has 0 bridgehead atoms. The van der Waals surface area contributed by atoms with Gasteiger partial charge >= 0.3 is 0 Å². The Hall–Kier alpha value is -0.980. The van der Waals surface area contributed by atoms with Crippen LogP contribution in [-0.4, -0.2) is 57.9 Å². The zero-order chi connectivity index (χ0) is 16.1. The number of carbonyl (C=O) groups is 2. The first kappa shape index (κ1) is 20.0. The van der Waals surface area contributed by atoms with Gasteiger partial charge in [-0.15, -0.1) is 0 Å². The van der Waals surface area contributed by atoms with E-state index in [1.54, 1.807) is 0 Å². The van der Waals surface area contributed by atoms with Crippen LogP contribution in [0.1, 0.15) is 29.1 Å². The first-order valence-corrected chi connectivity index (χ1v) is 7.48. The molecule has 0 aromatic carbocycles. The van der Waals surface area contributed by atoms with Crippen molar-refractivity contribution in [3.63, 3.8) is 0 Å². The van der Waals surface area contributed by atoms with E-state index in [0.29, 0.717) is 39.6 Å². The summed E-state index contributed by atoms with van der Waals surface area (Å²) in [5, 5.41) is 2.76. The molecule has 0 saturated carbocycles. The lowest BCUT2D eigenvalue weighted by Gasteiger charge is -2.09. The summed E-state index contributed by atoms with van der Waals surface area (Å²) < 4.78 is 15.8. The maximum absolute atomic E-state index is 11.3. The minimum absolute atomic E-state index is 0. The molecule has 21 heavy (non-hydrogen) atoms. The van der Waals surface area contributed by atoms with Crippen LogP contribution in [0.25, 0.3) is 0 Å². The Morgan fingerprint density at radius 1 is 0.857 bits per heavy atom. The monoisotopic (exact) mass is 305 g/mol. The molecule has 0 radical (unpaired) electrons. The van der Waals surface area contributed by atoms with E-state index in [2.05, 4.69) is 5.32 Å². The Kier molecular flexibility index (Phi) is 12.1. The standard InChI is InChI=1S/C15H29NO5.H2/c1-12(2)14(17)11-21-10-9-20-8-7-19-6-5-16-15(18)13(3)4;/h12-13H,5-11H2,1-4H3,(H,16,18);1H. The molecule has 0 aromatic rings. The predicted molar refractivity (Wildman–Crippen MR) is 82.3 cm³/mol. The Bertz CT molecular complexity index is 270. The molecule has 126 valence electrons. The van der Waals surface area contributed by atoms with Crippen LogP contribution in [0.15, 0.2) is 0 Å². The average molecular weight is 305 g/mol. The highest BCUT2D eigenvalue weighted by atomic mass is 16.5. The second-order valence-electron chi connectivity index (χ2n) is 5.34. The number of Topliss-reactive ketones (excluding diaryl/α,β-unsaturated/α-hetero) is 1. The molecule has 0 heterocycles. The molecule has 0 spiro atoms. The quantitative estimate of drug-likeness (QED) is 0.519. The third-order valence-corrected chi connectivity index (χ3v) is 2.70. The van der Waals surface area contributed by atoms with Crippen LogP contribution in [0, 0.1) is 11.8 Å². The van der Waals surface area contributed by atoms with Gasteiger partial charge in [0.2, 0.25) is 5.91 Å². The number of rotatable bonds is 13. The smallest absolute Gasteiger partial charge is 0.222 e. The van der Waals surface area contributed by atoms with Crippen molar-refractivity contribution in [3.05, 3.63) is 0 Å². The van der Waals surface area contributed by atoms with Crippen molar-refractivity contribution in [1.29, 1.82) is 0 Å². The molecule has 0 unspecified atom stereocenters. The van der Waals surface area contributed by atoms with Gasteiger partial charge in [-0.2, -0.15) is 0 Å². The predicted octanol–water partition coefficient (Wildman–Crippen LogP) is 1.28. The molecule has 0 aromatic heterocycles. The van der Waals surface area contributed by atoms with Gasteiger partial charge in [-0.3, -0.25) is 9.59 Å². The van der Waals surface area contributed by atoms with E-state index >= 15 is 0 Å². The van der Waals surface area contributed by atoms with Crippen LogP contribution in [0.2, 0.25) is 0 Å². The van der Waals surface area contributed by atoms with E-state index in [1.165, 1.54) is 0 Å². The minimum Gasteiger partial charge on any atom is -0.377 e. The fourth-order valence-electron chi connectivity index (χ4n) is 1.23. The average Bonchev–Trinajstić information content (AvgIpc) is 2.43.